The van der Waals surface area contributed by atoms with Crippen LogP contribution in [0.5, 0.6) is 0 Å². The lowest BCUT2D eigenvalue weighted by molar-refractivity contribution is -0.144. The van der Waals surface area contributed by atoms with Gasteiger partial charge in [0.15, 0.2) is 0 Å². The number of hydrogen-bond acceptors (Lipinski definition) is 4. The predicted octanol–water partition coefficient (Wildman–Crippen LogP) is 15.6. The molecule has 0 fully saturated rings. The van der Waals surface area contributed by atoms with Crippen molar-refractivity contribution in [3.05, 3.63) is 0 Å². The number of carbonyl (C=O) groups excluding carboxylic acids is 2. The normalized spacial score (nSPS) is 10.9. The van der Waals surface area contributed by atoms with Crippen molar-refractivity contribution in [2.45, 2.75) is 265 Å². The van der Waals surface area contributed by atoms with Crippen LogP contribution < -0.4 is 0 Å². The zero-order valence-electron chi connectivity index (χ0n) is 34.2. The minimum atomic E-state index is -0.00172. The van der Waals surface area contributed by atoms with E-state index in [9.17, 15) is 9.59 Å². The van der Waals surface area contributed by atoms with E-state index in [4.69, 9.17) is 9.47 Å². The zero-order chi connectivity index (χ0) is 36.1. The predicted molar refractivity (Wildman–Crippen MR) is 215 cm³/mol. The van der Waals surface area contributed by atoms with E-state index in [1.54, 1.807) is 0 Å². The monoisotopic (exact) mass is 695 g/mol. The molecule has 0 unspecified atom stereocenters. The van der Waals surface area contributed by atoms with Crippen molar-refractivity contribution in [2.75, 3.05) is 13.2 Å². The second-order valence-electron chi connectivity index (χ2n) is 14.9. The molecule has 0 aliphatic carbocycles. The van der Waals surface area contributed by atoms with Gasteiger partial charge < -0.3 is 9.47 Å². The summed E-state index contributed by atoms with van der Waals surface area (Å²) >= 11 is 0. The highest BCUT2D eigenvalue weighted by Crippen LogP contribution is 2.15. The number of esters is 2. The maximum atomic E-state index is 11.5. The highest BCUT2D eigenvalue weighted by molar-refractivity contribution is 5.69. The fraction of sp³-hybridized carbons (Fsp3) is 0.956. The Bertz CT molecular complexity index is 619. The fourth-order valence-electron chi connectivity index (χ4n) is 6.29. The maximum Gasteiger partial charge on any atom is 0.305 e. The lowest BCUT2D eigenvalue weighted by Gasteiger charge is -2.05. The Kier molecular flexibility index (Phi) is 47.9. The van der Waals surface area contributed by atoms with Crippen LogP contribution in [0.2, 0.25) is 0 Å². The number of carbonyl (C=O) groups is 2. The van der Waals surface area contributed by atoms with Crippen molar-refractivity contribution in [2.24, 2.45) is 0 Å². The first-order valence-corrected chi connectivity index (χ1v) is 22.4. The molecule has 0 aromatic carbocycles. The molecule has 49 heavy (non-hydrogen) atoms. The molecule has 0 aromatic heterocycles. The van der Waals surface area contributed by atoms with Crippen LogP contribution >= 0.6 is 0 Å². The molecule has 0 aromatic rings. The Labute approximate surface area is 308 Å². The average molecular weight is 695 g/mol. The summed E-state index contributed by atoms with van der Waals surface area (Å²) < 4.78 is 10.4. The molecule has 0 saturated heterocycles. The summed E-state index contributed by atoms with van der Waals surface area (Å²) in [5.74, 6) is 0.00365. The van der Waals surface area contributed by atoms with Gasteiger partial charge in [-0.15, -0.1) is 0 Å². The average Bonchev–Trinajstić information content (AvgIpc) is 3.10. The van der Waals surface area contributed by atoms with Gasteiger partial charge in [-0.3, -0.25) is 9.59 Å². The molecule has 4 heteroatoms. The molecule has 294 valence electrons. The van der Waals surface area contributed by atoms with Crippen molar-refractivity contribution in [1.29, 1.82) is 0 Å². The number of hydrogen-bond donors (Lipinski definition) is 0. The number of ether oxygens (including phenoxy) is 2. The van der Waals surface area contributed by atoms with Gasteiger partial charge in [-0.05, 0) is 25.7 Å². The SMILES string of the molecule is CCCCCCCCCCCCCCCCCC(=O)OCCCC.CCCCCCCCCCCCCCCCCC(=O)OCCCCC. The first kappa shape index (κ1) is 50.0. The molecule has 0 atom stereocenters. The smallest absolute Gasteiger partial charge is 0.305 e. The van der Waals surface area contributed by atoms with Crippen LogP contribution in [0.3, 0.4) is 0 Å². The second-order valence-corrected chi connectivity index (χ2v) is 14.9. The first-order chi connectivity index (χ1) is 24.1. The Morgan fingerprint density at radius 2 is 0.469 bits per heavy atom. The summed E-state index contributed by atoms with van der Waals surface area (Å²) in [5.41, 5.74) is 0. The summed E-state index contributed by atoms with van der Waals surface area (Å²) in [6.45, 7) is 10.1. The van der Waals surface area contributed by atoms with Gasteiger partial charge in [0.25, 0.3) is 0 Å². The maximum absolute atomic E-state index is 11.5. The van der Waals surface area contributed by atoms with Crippen molar-refractivity contribution >= 4 is 11.9 Å². The highest BCUT2D eigenvalue weighted by atomic mass is 16.5. The molecule has 4 nitrogen and oxygen atoms in total. The largest absolute Gasteiger partial charge is 0.466 e. The van der Waals surface area contributed by atoms with Gasteiger partial charge in [-0.2, -0.15) is 0 Å². The molecule has 0 radical (unpaired) electrons. The molecule has 0 aliphatic heterocycles. The Morgan fingerprint density at radius 1 is 0.265 bits per heavy atom. The number of unbranched alkanes of at least 4 members (excludes halogenated alkanes) is 31. The Morgan fingerprint density at radius 3 is 0.735 bits per heavy atom. The molecule has 0 heterocycles. The van der Waals surface area contributed by atoms with Crippen molar-refractivity contribution < 1.29 is 19.1 Å². The van der Waals surface area contributed by atoms with E-state index in [-0.39, 0.29) is 11.9 Å². The van der Waals surface area contributed by atoms with Gasteiger partial charge in [0.05, 0.1) is 13.2 Å². The van der Waals surface area contributed by atoms with Crippen molar-refractivity contribution in [3.63, 3.8) is 0 Å². The molecule has 0 rings (SSSR count). The zero-order valence-corrected chi connectivity index (χ0v) is 34.2. The molecule has 0 bridgehead atoms. The summed E-state index contributed by atoms with van der Waals surface area (Å²) in [4.78, 5) is 22.9. The van der Waals surface area contributed by atoms with E-state index < -0.39 is 0 Å². The van der Waals surface area contributed by atoms with Gasteiger partial charge in [0.2, 0.25) is 0 Å². The van der Waals surface area contributed by atoms with E-state index in [0.29, 0.717) is 26.1 Å². The molecule has 0 amide bonds. The topological polar surface area (TPSA) is 52.6 Å². The summed E-state index contributed by atoms with van der Waals surface area (Å²) in [7, 11) is 0. The van der Waals surface area contributed by atoms with E-state index in [0.717, 1.165) is 38.5 Å². The Hall–Kier alpha value is -1.06. The molecular weight excluding hydrogens is 604 g/mol. The molecule has 0 aliphatic rings. The fourth-order valence-corrected chi connectivity index (χ4v) is 6.29. The molecule has 0 N–H and O–H groups in total. The third-order valence-electron chi connectivity index (χ3n) is 9.74. The lowest BCUT2D eigenvalue weighted by atomic mass is 10.0. The quantitative estimate of drug-likeness (QED) is 0.0475. The van der Waals surface area contributed by atoms with E-state index in [1.165, 1.54) is 186 Å². The van der Waals surface area contributed by atoms with Gasteiger partial charge >= 0.3 is 11.9 Å². The lowest BCUT2D eigenvalue weighted by Crippen LogP contribution is -2.05. The standard InChI is InChI=1S/C23H46O2.C22H44O2/c1-3-5-7-8-9-10-11-12-13-14-15-16-17-18-19-21-23(24)25-22-20-6-4-2;1-3-5-7-8-9-10-11-12-13-14-15-16-17-18-19-20-22(23)24-21-6-4-2/h3-22H2,1-2H3;3-21H2,1-2H3. The van der Waals surface area contributed by atoms with Crippen LogP contribution in [0.1, 0.15) is 265 Å². The Balaban J connectivity index is 0. The number of rotatable bonds is 39. The van der Waals surface area contributed by atoms with E-state index in [1.807, 2.05) is 0 Å². The first-order valence-electron chi connectivity index (χ1n) is 22.4. The van der Waals surface area contributed by atoms with Crippen molar-refractivity contribution in [1.82, 2.24) is 0 Å². The van der Waals surface area contributed by atoms with Crippen LogP contribution in [0.15, 0.2) is 0 Å². The minimum Gasteiger partial charge on any atom is -0.466 e. The van der Waals surface area contributed by atoms with Crippen LogP contribution in [0.4, 0.5) is 0 Å². The van der Waals surface area contributed by atoms with Crippen LogP contribution in [0.25, 0.3) is 0 Å². The van der Waals surface area contributed by atoms with Crippen LogP contribution in [-0.2, 0) is 19.1 Å². The van der Waals surface area contributed by atoms with Gasteiger partial charge in [-0.25, -0.2) is 0 Å². The third-order valence-corrected chi connectivity index (χ3v) is 9.74. The summed E-state index contributed by atoms with van der Waals surface area (Å²) in [6.07, 6.45) is 47.4. The molecule has 0 spiro atoms. The summed E-state index contributed by atoms with van der Waals surface area (Å²) in [6, 6.07) is 0. The van der Waals surface area contributed by atoms with Crippen molar-refractivity contribution in [3.8, 4) is 0 Å². The van der Waals surface area contributed by atoms with Crippen LogP contribution in [-0.4, -0.2) is 25.2 Å². The molecule has 0 saturated carbocycles. The molecular formula is C45H90O4. The highest BCUT2D eigenvalue weighted by Gasteiger charge is 2.03. The van der Waals surface area contributed by atoms with E-state index >= 15 is 0 Å². The minimum absolute atomic E-state index is 0.00172. The van der Waals surface area contributed by atoms with Gasteiger partial charge in [0, 0.05) is 12.8 Å². The summed E-state index contributed by atoms with van der Waals surface area (Å²) in [5, 5.41) is 0. The van der Waals surface area contributed by atoms with Gasteiger partial charge in [0.1, 0.15) is 0 Å². The van der Waals surface area contributed by atoms with E-state index in [2.05, 4.69) is 27.7 Å². The second kappa shape index (κ2) is 46.9. The van der Waals surface area contributed by atoms with Crippen LogP contribution in [0, 0.1) is 0 Å². The van der Waals surface area contributed by atoms with Gasteiger partial charge in [-0.1, -0.05) is 227 Å². The third kappa shape index (κ3) is 49.1.